The van der Waals surface area contributed by atoms with E-state index >= 15 is 0 Å². The van der Waals surface area contributed by atoms with Crippen molar-refractivity contribution in [3.63, 3.8) is 0 Å². The van der Waals surface area contributed by atoms with Crippen LogP contribution in [-0.2, 0) is 16.1 Å². The van der Waals surface area contributed by atoms with E-state index in [1.54, 1.807) is 12.1 Å². The van der Waals surface area contributed by atoms with Gasteiger partial charge in [0.15, 0.2) is 0 Å². The summed E-state index contributed by atoms with van der Waals surface area (Å²) in [5.74, 6) is 0.713. The Morgan fingerprint density at radius 3 is 2.55 bits per heavy atom. The molecule has 1 aromatic carbocycles. The fraction of sp³-hybridized carbons (Fsp3) is 0.400. The lowest BCUT2D eigenvalue weighted by molar-refractivity contribution is -0.384. The molecule has 1 saturated carbocycles. The second kappa shape index (κ2) is 5.07. The summed E-state index contributed by atoms with van der Waals surface area (Å²) in [5, 5.41) is 10.5. The normalized spacial score (nSPS) is 26.7. The molecular weight excluding hydrogens is 258 g/mol. The Morgan fingerprint density at radius 1 is 1.25 bits per heavy atom. The molecule has 0 N–H and O–H groups in total. The molecule has 2 aliphatic rings. The number of rotatable bonds is 4. The van der Waals surface area contributed by atoms with Gasteiger partial charge in [-0.2, -0.15) is 0 Å². The van der Waals surface area contributed by atoms with Gasteiger partial charge in [-0.3, -0.25) is 14.9 Å². The number of benzene rings is 1. The molecule has 0 saturated heterocycles. The van der Waals surface area contributed by atoms with E-state index in [4.69, 9.17) is 4.74 Å². The summed E-state index contributed by atoms with van der Waals surface area (Å²) in [4.78, 5) is 22.1. The molecule has 0 spiro atoms. The third kappa shape index (κ3) is 2.43. The van der Waals surface area contributed by atoms with Crippen LogP contribution < -0.4 is 0 Å². The Bertz CT molecular complexity index is 564. The van der Waals surface area contributed by atoms with Gasteiger partial charge in [-0.25, -0.2) is 0 Å². The lowest BCUT2D eigenvalue weighted by Gasteiger charge is -2.16. The molecule has 0 radical (unpaired) electrons. The molecule has 3 atom stereocenters. The third-order valence-electron chi connectivity index (χ3n) is 4.11. The molecule has 0 aliphatic heterocycles. The van der Waals surface area contributed by atoms with Crippen LogP contribution in [0.25, 0.3) is 0 Å². The van der Waals surface area contributed by atoms with E-state index in [1.807, 2.05) is 0 Å². The zero-order valence-corrected chi connectivity index (χ0v) is 10.9. The molecule has 5 heteroatoms. The maximum Gasteiger partial charge on any atom is 0.309 e. The van der Waals surface area contributed by atoms with Crippen LogP contribution in [-0.4, -0.2) is 10.9 Å². The molecule has 3 rings (SSSR count). The molecule has 104 valence electrons. The first-order valence-corrected chi connectivity index (χ1v) is 6.72. The number of nitro benzene ring substituents is 1. The van der Waals surface area contributed by atoms with Crippen molar-refractivity contribution in [1.82, 2.24) is 0 Å². The summed E-state index contributed by atoms with van der Waals surface area (Å²) < 4.78 is 5.32. The molecular formula is C15H15NO4. The first-order valence-electron chi connectivity index (χ1n) is 6.72. The predicted molar refractivity (Wildman–Crippen MR) is 71.7 cm³/mol. The van der Waals surface area contributed by atoms with E-state index in [0.29, 0.717) is 11.8 Å². The number of hydrogen-bond acceptors (Lipinski definition) is 4. The maximum absolute atomic E-state index is 12.0. The average molecular weight is 273 g/mol. The number of esters is 1. The number of carbonyl (C=O) groups excluding carboxylic acids is 1. The van der Waals surface area contributed by atoms with Crippen molar-refractivity contribution >= 4 is 11.7 Å². The van der Waals surface area contributed by atoms with Gasteiger partial charge in [-0.1, -0.05) is 12.2 Å². The van der Waals surface area contributed by atoms with Crippen molar-refractivity contribution < 1.29 is 14.5 Å². The highest BCUT2D eigenvalue weighted by Gasteiger charge is 2.40. The minimum atomic E-state index is -0.447. The van der Waals surface area contributed by atoms with Crippen molar-refractivity contribution in [3.8, 4) is 0 Å². The number of carbonyl (C=O) groups is 1. The van der Waals surface area contributed by atoms with Crippen LogP contribution in [0.2, 0.25) is 0 Å². The zero-order chi connectivity index (χ0) is 14.1. The monoisotopic (exact) mass is 273 g/mol. The van der Waals surface area contributed by atoms with Gasteiger partial charge in [0.1, 0.15) is 6.61 Å². The van der Waals surface area contributed by atoms with Gasteiger partial charge in [0, 0.05) is 12.1 Å². The van der Waals surface area contributed by atoms with Gasteiger partial charge >= 0.3 is 5.97 Å². The Morgan fingerprint density at radius 2 is 2.00 bits per heavy atom. The SMILES string of the molecule is O=C(OCc1ccc([N+](=O)[O-])cc1)[C@H]1C[C@@H]2C=C[C@H]1C2. The first-order chi connectivity index (χ1) is 9.63. The molecule has 2 bridgehead atoms. The van der Waals surface area contributed by atoms with Crippen LogP contribution in [0.15, 0.2) is 36.4 Å². The van der Waals surface area contributed by atoms with Crippen LogP contribution in [0.5, 0.6) is 0 Å². The maximum atomic E-state index is 12.0. The summed E-state index contributed by atoms with van der Waals surface area (Å²) in [6.45, 7) is 0.175. The van der Waals surface area contributed by atoms with Gasteiger partial charge in [0.2, 0.25) is 0 Å². The van der Waals surface area contributed by atoms with Gasteiger partial charge in [-0.15, -0.1) is 0 Å². The highest BCUT2D eigenvalue weighted by Crippen LogP contribution is 2.43. The second-order valence-corrected chi connectivity index (χ2v) is 5.42. The fourth-order valence-corrected chi connectivity index (χ4v) is 3.03. The van der Waals surface area contributed by atoms with Gasteiger partial charge in [0.25, 0.3) is 5.69 Å². The number of allylic oxidation sites excluding steroid dienone is 2. The number of nitro groups is 1. The molecule has 5 nitrogen and oxygen atoms in total. The number of fused-ring (bicyclic) bond motifs is 2. The summed E-state index contributed by atoms with van der Waals surface area (Å²) in [7, 11) is 0. The standard InChI is InChI=1S/C15H15NO4/c17-15(14-8-11-1-4-12(14)7-11)20-9-10-2-5-13(6-3-10)16(18)19/h1-6,11-12,14H,7-9H2/t11-,12+,14+/m1/s1. The fourth-order valence-electron chi connectivity index (χ4n) is 3.03. The number of non-ortho nitro benzene ring substituents is 1. The Kier molecular flexibility index (Phi) is 3.26. The van der Waals surface area contributed by atoms with Crippen molar-refractivity contribution in [2.75, 3.05) is 0 Å². The Hall–Kier alpha value is -2.17. The second-order valence-electron chi connectivity index (χ2n) is 5.42. The van der Waals surface area contributed by atoms with Crippen LogP contribution >= 0.6 is 0 Å². The number of hydrogen-bond donors (Lipinski definition) is 0. The first kappa shape index (κ1) is 12.8. The highest BCUT2D eigenvalue weighted by molar-refractivity contribution is 5.74. The van der Waals surface area contributed by atoms with Crippen LogP contribution in [0.4, 0.5) is 5.69 Å². The molecule has 1 aromatic rings. The van der Waals surface area contributed by atoms with E-state index in [-0.39, 0.29) is 24.2 Å². The number of ether oxygens (including phenoxy) is 1. The molecule has 20 heavy (non-hydrogen) atoms. The predicted octanol–water partition coefficient (Wildman–Crippen LogP) is 2.85. The van der Waals surface area contributed by atoms with Crippen LogP contribution in [0, 0.1) is 27.9 Å². The van der Waals surface area contributed by atoms with E-state index in [9.17, 15) is 14.9 Å². The van der Waals surface area contributed by atoms with Crippen molar-refractivity contribution in [2.24, 2.45) is 17.8 Å². The molecule has 0 unspecified atom stereocenters. The van der Waals surface area contributed by atoms with E-state index in [2.05, 4.69) is 12.2 Å². The van der Waals surface area contributed by atoms with Crippen molar-refractivity contribution in [2.45, 2.75) is 19.4 Å². The van der Waals surface area contributed by atoms with Crippen LogP contribution in [0.3, 0.4) is 0 Å². The molecule has 0 amide bonds. The highest BCUT2D eigenvalue weighted by atomic mass is 16.6. The van der Waals surface area contributed by atoms with Crippen molar-refractivity contribution in [1.29, 1.82) is 0 Å². The zero-order valence-electron chi connectivity index (χ0n) is 10.9. The minimum absolute atomic E-state index is 0.0111. The lowest BCUT2D eigenvalue weighted by Crippen LogP contribution is -2.21. The topological polar surface area (TPSA) is 69.4 Å². The number of nitrogens with zero attached hydrogens (tertiary/aromatic N) is 1. The molecule has 2 aliphatic carbocycles. The van der Waals surface area contributed by atoms with E-state index < -0.39 is 4.92 Å². The third-order valence-corrected chi connectivity index (χ3v) is 4.11. The average Bonchev–Trinajstić information content (AvgIpc) is 3.08. The summed E-state index contributed by atoms with van der Waals surface area (Å²) >= 11 is 0. The quantitative estimate of drug-likeness (QED) is 0.366. The molecule has 0 aromatic heterocycles. The molecule has 1 fully saturated rings. The Balaban J connectivity index is 1.55. The van der Waals surface area contributed by atoms with Crippen molar-refractivity contribution in [3.05, 3.63) is 52.1 Å². The summed E-state index contributed by atoms with van der Waals surface area (Å²) in [6, 6.07) is 6.07. The smallest absolute Gasteiger partial charge is 0.309 e. The van der Waals surface area contributed by atoms with Gasteiger partial charge in [-0.05, 0) is 42.4 Å². The van der Waals surface area contributed by atoms with Crippen LogP contribution in [0.1, 0.15) is 18.4 Å². The van der Waals surface area contributed by atoms with Gasteiger partial charge in [0.05, 0.1) is 10.8 Å². The lowest BCUT2D eigenvalue weighted by atomic mass is 9.94. The summed E-state index contributed by atoms with van der Waals surface area (Å²) in [6.07, 6.45) is 6.26. The van der Waals surface area contributed by atoms with Gasteiger partial charge < -0.3 is 4.74 Å². The van der Waals surface area contributed by atoms with E-state index in [0.717, 1.165) is 18.4 Å². The molecule has 0 heterocycles. The Labute approximate surface area is 116 Å². The van der Waals surface area contributed by atoms with E-state index in [1.165, 1.54) is 12.1 Å². The minimum Gasteiger partial charge on any atom is -0.461 e. The summed E-state index contributed by atoms with van der Waals surface area (Å²) in [5.41, 5.74) is 0.806. The largest absolute Gasteiger partial charge is 0.461 e.